The Morgan fingerprint density at radius 1 is 1.43 bits per heavy atom. The highest BCUT2D eigenvalue weighted by Gasteiger charge is 2.15. The summed E-state index contributed by atoms with van der Waals surface area (Å²) in [5.74, 6) is 1.92. The van der Waals surface area contributed by atoms with Gasteiger partial charge in [0.15, 0.2) is 5.65 Å². The number of hydrogen-bond donors (Lipinski definition) is 1. The molecule has 0 unspecified atom stereocenters. The zero-order valence-corrected chi connectivity index (χ0v) is 13.1. The van der Waals surface area contributed by atoms with Gasteiger partial charge in [-0.2, -0.15) is 5.10 Å². The van der Waals surface area contributed by atoms with Crippen molar-refractivity contribution in [3.63, 3.8) is 0 Å². The van der Waals surface area contributed by atoms with Gasteiger partial charge in [-0.05, 0) is 26.0 Å². The summed E-state index contributed by atoms with van der Waals surface area (Å²) in [6.07, 6.45) is 3.06. The molecule has 0 fully saturated rings. The van der Waals surface area contributed by atoms with E-state index >= 15 is 0 Å². The summed E-state index contributed by atoms with van der Waals surface area (Å²) in [5, 5.41) is 8.19. The Bertz CT molecular complexity index is 839. The molecule has 0 saturated heterocycles. The second-order valence-electron chi connectivity index (χ2n) is 5.15. The lowest BCUT2D eigenvalue weighted by molar-refractivity contribution is -0.141. The largest absolute Gasteiger partial charge is 0.468 e. The van der Waals surface area contributed by atoms with Gasteiger partial charge < -0.3 is 14.5 Å². The van der Waals surface area contributed by atoms with Crippen molar-refractivity contribution in [3.8, 4) is 0 Å². The SMILES string of the molecule is COC(=O)Cn1ncc2c(N[C@@H](C)c3ccc(C)o3)ncnc21. The Labute approximate surface area is 132 Å². The van der Waals surface area contributed by atoms with Gasteiger partial charge in [0.2, 0.25) is 0 Å². The molecule has 0 amide bonds. The molecule has 8 heteroatoms. The lowest BCUT2D eigenvalue weighted by Gasteiger charge is -2.12. The standard InChI is InChI=1S/C15H17N5O3/c1-9-4-5-12(23-9)10(2)19-14-11-6-18-20(7-13(21)22-3)15(11)17-8-16-14/h4-6,8,10H,7H2,1-3H3,(H,16,17,19)/t10-/m0/s1. The van der Waals surface area contributed by atoms with Crippen molar-refractivity contribution >= 4 is 22.8 Å². The van der Waals surface area contributed by atoms with Crippen LogP contribution in [-0.4, -0.2) is 32.8 Å². The Balaban J connectivity index is 1.88. The number of aromatic nitrogens is 4. The summed E-state index contributed by atoms with van der Waals surface area (Å²) in [7, 11) is 1.34. The van der Waals surface area contributed by atoms with E-state index in [9.17, 15) is 4.79 Å². The molecule has 3 heterocycles. The molecule has 0 aromatic carbocycles. The number of esters is 1. The zero-order chi connectivity index (χ0) is 16.4. The van der Waals surface area contributed by atoms with Crippen LogP contribution >= 0.6 is 0 Å². The first-order valence-electron chi connectivity index (χ1n) is 7.14. The lowest BCUT2D eigenvalue weighted by Crippen LogP contribution is -2.13. The number of carbonyl (C=O) groups excluding carboxylic acids is 1. The minimum absolute atomic E-state index is 0.00336. The molecule has 8 nitrogen and oxygen atoms in total. The van der Waals surface area contributed by atoms with Crippen LogP contribution in [0.2, 0.25) is 0 Å². The topological polar surface area (TPSA) is 95.1 Å². The van der Waals surface area contributed by atoms with Gasteiger partial charge in [0.05, 0.1) is 24.7 Å². The number of methoxy groups -OCH3 is 1. The molecule has 0 aliphatic carbocycles. The van der Waals surface area contributed by atoms with Gasteiger partial charge in [0.1, 0.15) is 30.2 Å². The van der Waals surface area contributed by atoms with E-state index < -0.39 is 0 Å². The van der Waals surface area contributed by atoms with E-state index in [-0.39, 0.29) is 18.6 Å². The first-order chi connectivity index (χ1) is 11.1. The van der Waals surface area contributed by atoms with Gasteiger partial charge in [-0.15, -0.1) is 0 Å². The Kier molecular flexibility index (Phi) is 3.96. The molecule has 120 valence electrons. The maximum absolute atomic E-state index is 11.4. The maximum atomic E-state index is 11.4. The summed E-state index contributed by atoms with van der Waals surface area (Å²) in [6.45, 7) is 3.88. The van der Waals surface area contributed by atoms with E-state index in [0.29, 0.717) is 11.5 Å². The summed E-state index contributed by atoms with van der Waals surface area (Å²) in [5.41, 5.74) is 0.565. The minimum atomic E-state index is -0.387. The predicted octanol–water partition coefficient (Wildman–Crippen LogP) is 2.07. The molecular weight excluding hydrogens is 298 g/mol. The van der Waals surface area contributed by atoms with Crippen molar-refractivity contribution in [2.45, 2.75) is 26.4 Å². The number of furan rings is 1. The molecule has 1 N–H and O–H groups in total. The molecular formula is C15H17N5O3. The molecule has 0 spiro atoms. The van der Waals surface area contributed by atoms with Gasteiger partial charge in [-0.3, -0.25) is 4.79 Å². The van der Waals surface area contributed by atoms with Crippen molar-refractivity contribution in [2.24, 2.45) is 0 Å². The molecule has 0 aliphatic heterocycles. The van der Waals surface area contributed by atoms with Crippen molar-refractivity contribution in [2.75, 3.05) is 12.4 Å². The number of nitrogens with one attached hydrogen (secondary N) is 1. The van der Waals surface area contributed by atoms with E-state index in [1.807, 2.05) is 26.0 Å². The number of carbonyl (C=O) groups is 1. The van der Waals surface area contributed by atoms with Crippen LogP contribution < -0.4 is 5.32 Å². The molecule has 0 saturated carbocycles. The highest BCUT2D eigenvalue weighted by molar-refractivity contribution is 5.87. The van der Waals surface area contributed by atoms with Gasteiger partial charge in [-0.25, -0.2) is 14.6 Å². The molecule has 0 radical (unpaired) electrons. The molecule has 3 aromatic heterocycles. The van der Waals surface area contributed by atoms with Crippen LogP contribution in [0.25, 0.3) is 11.0 Å². The van der Waals surface area contributed by atoms with Gasteiger partial charge >= 0.3 is 5.97 Å². The predicted molar refractivity (Wildman–Crippen MR) is 82.8 cm³/mol. The first kappa shape index (κ1) is 15.0. The van der Waals surface area contributed by atoms with E-state index in [0.717, 1.165) is 16.9 Å². The summed E-state index contributed by atoms with van der Waals surface area (Å²) in [6, 6.07) is 3.77. The molecule has 3 rings (SSSR count). The number of hydrogen-bond acceptors (Lipinski definition) is 7. The maximum Gasteiger partial charge on any atom is 0.327 e. The van der Waals surface area contributed by atoms with Crippen LogP contribution in [0.5, 0.6) is 0 Å². The molecule has 0 bridgehead atoms. The second-order valence-corrected chi connectivity index (χ2v) is 5.15. The summed E-state index contributed by atoms with van der Waals surface area (Å²) in [4.78, 5) is 19.9. The quantitative estimate of drug-likeness (QED) is 0.720. The van der Waals surface area contributed by atoms with Crippen LogP contribution in [0.4, 0.5) is 5.82 Å². The van der Waals surface area contributed by atoms with Crippen molar-refractivity contribution in [1.29, 1.82) is 0 Å². The number of nitrogens with zero attached hydrogens (tertiary/aromatic N) is 4. The number of ether oxygens (including phenoxy) is 1. The number of anilines is 1. The van der Waals surface area contributed by atoms with Crippen LogP contribution in [0.15, 0.2) is 29.1 Å². The normalized spacial score (nSPS) is 12.3. The summed E-state index contributed by atoms with van der Waals surface area (Å²) < 4.78 is 11.8. The zero-order valence-electron chi connectivity index (χ0n) is 13.1. The van der Waals surface area contributed by atoms with Crippen molar-refractivity contribution in [1.82, 2.24) is 19.7 Å². The van der Waals surface area contributed by atoms with Crippen LogP contribution in [0.3, 0.4) is 0 Å². The van der Waals surface area contributed by atoms with E-state index in [4.69, 9.17) is 4.42 Å². The number of fused-ring (bicyclic) bond motifs is 1. The van der Waals surface area contributed by atoms with Gasteiger partial charge in [0.25, 0.3) is 0 Å². The fraction of sp³-hybridized carbons (Fsp3) is 0.333. The van der Waals surface area contributed by atoms with Crippen LogP contribution in [0.1, 0.15) is 24.5 Å². The Hall–Kier alpha value is -2.90. The Morgan fingerprint density at radius 3 is 2.96 bits per heavy atom. The molecule has 1 atom stereocenters. The Morgan fingerprint density at radius 2 is 2.26 bits per heavy atom. The van der Waals surface area contributed by atoms with Crippen molar-refractivity contribution < 1.29 is 13.9 Å². The summed E-state index contributed by atoms with van der Waals surface area (Å²) >= 11 is 0. The van der Waals surface area contributed by atoms with Gasteiger partial charge in [-0.1, -0.05) is 0 Å². The highest BCUT2D eigenvalue weighted by atomic mass is 16.5. The van der Waals surface area contributed by atoms with Crippen LogP contribution in [-0.2, 0) is 16.1 Å². The molecule has 23 heavy (non-hydrogen) atoms. The average molecular weight is 315 g/mol. The average Bonchev–Trinajstić information content (AvgIpc) is 3.15. The third kappa shape index (κ3) is 3.01. The third-order valence-corrected chi connectivity index (χ3v) is 3.48. The van der Waals surface area contributed by atoms with E-state index in [2.05, 4.69) is 25.1 Å². The second kappa shape index (κ2) is 6.07. The van der Waals surface area contributed by atoms with Gasteiger partial charge in [0, 0.05) is 0 Å². The third-order valence-electron chi connectivity index (χ3n) is 3.48. The first-order valence-corrected chi connectivity index (χ1v) is 7.14. The number of rotatable bonds is 5. The fourth-order valence-corrected chi connectivity index (χ4v) is 2.27. The number of aryl methyl sites for hydroxylation is 1. The lowest BCUT2D eigenvalue weighted by atomic mass is 10.2. The molecule has 0 aliphatic rings. The fourth-order valence-electron chi connectivity index (χ4n) is 2.27. The van der Waals surface area contributed by atoms with Crippen molar-refractivity contribution in [3.05, 3.63) is 36.2 Å². The molecule has 3 aromatic rings. The van der Waals surface area contributed by atoms with Crippen LogP contribution in [0, 0.1) is 6.92 Å². The van der Waals surface area contributed by atoms with E-state index in [1.54, 1.807) is 6.20 Å². The smallest absolute Gasteiger partial charge is 0.327 e. The van der Waals surface area contributed by atoms with E-state index in [1.165, 1.54) is 18.1 Å². The minimum Gasteiger partial charge on any atom is -0.468 e. The highest BCUT2D eigenvalue weighted by Crippen LogP contribution is 2.24. The monoisotopic (exact) mass is 315 g/mol.